The van der Waals surface area contributed by atoms with Crippen LogP contribution in [0, 0.1) is 25.7 Å². The second-order valence-corrected chi connectivity index (χ2v) is 7.83. The fraction of sp³-hybridized carbons (Fsp3) is 0.737. The number of aliphatic hydroxyl groups is 1. The molecular weight excluding hydrogens is 332 g/mol. The number of amides is 1. The summed E-state index contributed by atoms with van der Waals surface area (Å²) in [4.78, 5) is 25.6. The van der Waals surface area contributed by atoms with Gasteiger partial charge in [-0.05, 0) is 39.7 Å². The molecule has 1 aromatic heterocycles. The molecule has 4 atom stereocenters. The highest BCUT2D eigenvalue weighted by Gasteiger charge is 2.37. The van der Waals surface area contributed by atoms with E-state index < -0.39 is 0 Å². The lowest BCUT2D eigenvalue weighted by Crippen LogP contribution is -2.48. The van der Waals surface area contributed by atoms with Gasteiger partial charge in [0.2, 0.25) is 0 Å². The van der Waals surface area contributed by atoms with Gasteiger partial charge in [-0.2, -0.15) is 0 Å². The van der Waals surface area contributed by atoms with Gasteiger partial charge in [0.15, 0.2) is 0 Å². The molecule has 2 aliphatic heterocycles. The number of aromatic nitrogens is 2. The van der Waals surface area contributed by atoms with Crippen molar-refractivity contribution in [3.8, 4) is 0 Å². The van der Waals surface area contributed by atoms with Crippen LogP contribution in [0.3, 0.4) is 0 Å². The average molecular weight is 362 g/mol. The normalized spacial score (nSPS) is 30.0. The van der Waals surface area contributed by atoms with Crippen molar-refractivity contribution in [1.29, 1.82) is 0 Å². The zero-order chi connectivity index (χ0) is 18.8. The number of aliphatic hydroxyl groups excluding tert-OH is 1. The third-order valence-electron chi connectivity index (χ3n) is 5.27. The molecule has 1 amide bonds. The fourth-order valence-corrected chi connectivity index (χ4v) is 4.27. The number of hydrogen-bond acceptors (Lipinski definition) is 6. The van der Waals surface area contributed by atoms with Crippen molar-refractivity contribution < 1.29 is 14.6 Å². The smallest absolute Gasteiger partial charge is 0.272 e. The van der Waals surface area contributed by atoms with E-state index in [-0.39, 0.29) is 36.6 Å². The Morgan fingerprint density at radius 2 is 1.81 bits per heavy atom. The first kappa shape index (κ1) is 19.2. The summed E-state index contributed by atoms with van der Waals surface area (Å²) in [6.45, 7) is 11.9. The largest absolute Gasteiger partial charge is 0.396 e. The Morgan fingerprint density at radius 1 is 1.15 bits per heavy atom. The van der Waals surface area contributed by atoms with Crippen LogP contribution in [0.2, 0.25) is 0 Å². The lowest BCUT2D eigenvalue weighted by molar-refractivity contribution is -0.0726. The zero-order valence-corrected chi connectivity index (χ0v) is 16.2. The van der Waals surface area contributed by atoms with Crippen molar-refractivity contribution in [2.24, 2.45) is 11.8 Å². The third kappa shape index (κ3) is 4.39. The summed E-state index contributed by atoms with van der Waals surface area (Å²) in [5, 5.41) is 9.82. The van der Waals surface area contributed by atoms with Crippen LogP contribution in [0.25, 0.3) is 0 Å². The number of ether oxygens (including phenoxy) is 1. The van der Waals surface area contributed by atoms with Crippen molar-refractivity contribution in [1.82, 2.24) is 19.8 Å². The van der Waals surface area contributed by atoms with E-state index in [9.17, 15) is 9.90 Å². The lowest BCUT2D eigenvalue weighted by atomic mass is 9.96. The van der Waals surface area contributed by atoms with Gasteiger partial charge in [0, 0.05) is 50.9 Å². The van der Waals surface area contributed by atoms with E-state index in [0.29, 0.717) is 24.6 Å². The molecule has 0 spiro atoms. The summed E-state index contributed by atoms with van der Waals surface area (Å²) in [7, 11) is 0. The van der Waals surface area contributed by atoms with Crippen molar-refractivity contribution in [2.75, 3.05) is 39.3 Å². The van der Waals surface area contributed by atoms with Crippen LogP contribution in [0.1, 0.15) is 35.9 Å². The molecule has 0 aromatic carbocycles. The Kier molecular flexibility index (Phi) is 5.89. The van der Waals surface area contributed by atoms with E-state index in [2.05, 4.69) is 28.7 Å². The Labute approximate surface area is 155 Å². The molecule has 26 heavy (non-hydrogen) atoms. The number of morpholine rings is 1. The molecule has 0 radical (unpaired) electrons. The van der Waals surface area contributed by atoms with E-state index in [4.69, 9.17) is 4.74 Å². The Hall–Kier alpha value is -1.57. The minimum absolute atomic E-state index is 0.0664. The molecule has 2 saturated heterocycles. The zero-order valence-electron chi connectivity index (χ0n) is 16.2. The maximum Gasteiger partial charge on any atom is 0.272 e. The molecule has 144 valence electrons. The first-order valence-electron chi connectivity index (χ1n) is 9.46. The van der Waals surface area contributed by atoms with Crippen LogP contribution in [-0.2, 0) is 4.74 Å². The molecule has 0 saturated carbocycles. The number of rotatable bonds is 4. The monoisotopic (exact) mass is 362 g/mol. The number of carbonyl (C=O) groups is 1. The van der Waals surface area contributed by atoms with Gasteiger partial charge >= 0.3 is 0 Å². The molecule has 0 bridgehead atoms. The van der Waals surface area contributed by atoms with Crippen LogP contribution < -0.4 is 0 Å². The third-order valence-corrected chi connectivity index (χ3v) is 5.27. The summed E-state index contributed by atoms with van der Waals surface area (Å²) < 4.78 is 5.80. The molecule has 1 N–H and O–H groups in total. The molecule has 7 nitrogen and oxygen atoms in total. The molecule has 0 unspecified atom stereocenters. The molecule has 0 aliphatic carbocycles. The van der Waals surface area contributed by atoms with E-state index in [0.717, 1.165) is 25.3 Å². The van der Waals surface area contributed by atoms with Crippen molar-refractivity contribution >= 4 is 5.91 Å². The fourth-order valence-electron chi connectivity index (χ4n) is 4.27. The highest BCUT2D eigenvalue weighted by molar-refractivity contribution is 5.92. The minimum Gasteiger partial charge on any atom is -0.396 e. The van der Waals surface area contributed by atoms with Crippen LogP contribution in [0.4, 0.5) is 0 Å². The van der Waals surface area contributed by atoms with Gasteiger partial charge in [-0.1, -0.05) is 0 Å². The van der Waals surface area contributed by atoms with Crippen LogP contribution in [-0.4, -0.2) is 82.3 Å². The van der Waals surface area contributed by atoms with Crippen molar-refractivity contribution in [3.05, 3.63) is 23.3 Å². The first-order chi connectivity index (χ1) is 12.4. The lowest BCUT2D eigenvalue weighted by Gasteiger charge is -2.37. The van der Waals surface area contributed by atoms with Crippen LogP contribution in [0.5, 0.6) is 0 Å². The second kappa shape index (κ2) is 7.98. The van der Waals surface area contributed by atoms with Gasteiger partial charge in [0.05, 0.1) is 12.2 Å². The summed E-state index contributed by atoms with van der Waals surface area (Å²) in [5.41, 5.74) is 1.24. The molecule has 7 heteroatoms. The predicted molar refractivity (Wildman–Crippen MR) is 97.9 cm³/mol. The first-order valence-corrected chi connectivity index (χ1v) is 9.46. The topological polar surface area (TPSA) is 78.8 Å². The number of hydrogen-bond donors (Lipinski definition) is 1. The molecule has 2 fully saturated rings. The molecular formula is C19H30N4O3. The number of nitrogens with zero attached hydrogens (tertiary/aromatic N) is 4. The van der Waals surface area contributed by atoms with Gasteiger partial charge in [-0.25, -0.2) is 9.97 Å². The van der Waals surface area contributed by atoms with Gasteiger partial charge in [-0.15, -0.1) is 0 Å². The maximum atomic E-state index is 12.9. The minimum atomic E-state index is -0.0664. The van der Waals surface area contributed by atoms with Crippen LogP contribution >= 0.6 is 0 Å². The van der Waals surface area contributed by atoms with Gasteiger partial charge in [0.25, 0.3) is 5.91 Å². The average Bonchev–Trinajstić information content (AvgIpc) is 2.95. The maximum absolute atomic E-state index is 12.9. The van der Waals surface area contributed by atoms with Gasteiger partial charge in [0.1, 0.15) is 11.5 Å². The van der Waals surface area contributed by atoms with E-state index >= 15 is 0 Å². The summed E-state index contributed by atoms with van der Waals surface area (Å²) in [5.74, 6) is 0.921. The van der Waals surface area contributed by atoms with E-state index in [1.54, 1.807) is 13.0 Å². The summed E-state index contributed by atoms with van der Waals surface area (Å²) in [6, 6.07) is 1.74. The van der Waals surface area contributed by atoms with E-state index in [1.165, 1.54) is 0 Å². The van der Waals surface area contributed by atoms with Gasteiger partial charge < -0.3 is 14.7 Å². The number of aryl methyl sites for hydroxylation is 2. The van der Waals surface area contributed by atoms with Crippen molar-refractivity contribution in [2.45, 2.75) is 39.9 Å². The SMILES string of the molecule is Cc1cc(C(=O)N2C[C@@H](CN3C[C@@H](C)O[C@@H](C)C3)[C@@H](CO)C2)nc(C)n1. The van der Waals surface area contributed by atoms with E-state index in [1.807, 2.05) is 11.8 Å². The van der Waals surface area contributed by atoms with Crippen molar-refractivity contribution in [3.63, 3.8) is 0 Å². The summed E-state index contributed by atoms with van der Waals surface area (Å²) >= 11 is 0. The number of carbonyl (C=O) groups excluding carboxylic acids is 1. The van der Waals surface area contributed by atoms with Gasteiger partial charge in [-0.3, -0.25) is 9.69 Å². The predicted octanol–water partition coefficient (Wildman–Crippen LogP) is 0.883. The molecule has 3 heterocycles. The van der Waals surface area contributed by atoms with Crippen LogP contribution in [0.15, 0.2) is 6.07 Å². The summed E-state index contributed by atoms with van der Waals surface area (Å²) in [6.07, 6.45) is 0.440. The molecule has 1 aromatic rings. The molecule has 3 rings (SSSR count). The standard InChI is InChI=1S/C19H30N4O3/c1-12-5-18(21-15(4)20-12)19(25)23-9-16(17(10-23)11-24)8-22-6-13(2)26-14(3)7-22/h5,13-14,16-17,24H,6-11H2,1-4H3/t13-,14+,16-,17-/m1/s1. The molecule has 2 aliphatic rings. The Bertz CT molecular complexity index is 623. The number of likely N-dealkylation sites (tertiary alicyclic amines) is 1. The second-order valence-electron chi connectivity index (χ2n) is 7.83. The Balaban J connectivity index is 1.67. The highest BCUT2D eigenvalue weighted by atomic mass is 16.5. The Morgan fingerprint density at radius 3 is 2.42 bits per heavy atom. The quantitative estimate of drug-likeness (QED) is 0.857. The highest BCUT2D eigenvalue weighted by Crippen LogP contribution is 2.26.